The zero-order chi connectivity index (χ0) is 17.4. The van der Waals surface area contributed by atoms with Gasteiger partial charge in [-0.25, -0.2) is 0 Å². The van der Waals surface area contributed by atoms with Gasteiger partial charge in [-0.05, 0) is 48.4 Å². The molecule has 1 aliphatic heterocycles. The third-order valence-electron chi connectivity index (χ3n) is 5.23. The monoisotopic (exact) mass is 354 g/mol. The Labute approximate surface area is 151 Å². The van der Waals surface area contributed by atoms with Crippen LogP contribution in [0.5, 0.6) is 0 Å². The van der Waals surface area contributed by atoms with Crippen molar-refractivity contribution in [1.82, 2.24) is 10.2 Å². The van der Waals surface area contributed by atoms with Crippen LogP contribution in [0.25, 0.3) is 10.4 Å². The number of piperidine rings is 1. The molecule has 130 valence electrons. The molecule has 0 saturated carbocycles. The fourth-order valence-electron chi connectivity index (χ4n) is 3.78. The average molecular weight is 354 g/mol. The Morgan fingerprint density at radius 2 is 1.84 bits per heavy atom. The maximum absolute atomic E-state index is 12.7. The van der Waals surface area contributed by atoms with Crippen molar-refractivity contribution in [3.63, 3.8) is 0 Å². The smallest absolute Gasteiger partial charge is 0.261 e. The zero-order valence-electron chi connectivity index (χ0n) is 14.4. The number of carbonyl (C=O) groups excluding carboxylic acids is 2. The van der Waals surface area contributed by atoms with Gasteiger partial charge in [-0.1, -0.05) is 24.3 Å². The molecule has 1 saturated heterocycles. The minimum Gasteiger partial charge on any atom is -0.348 e. The summed E-state index contributed by atoms with van der Waals surface area (Å²) in [6.45, 7) is 3.07. The van der Waals surface area contributed by atoms with E-state index in [0.717, 1.165) is 43.6 Å². The van der Waals surface area contributed by atoms with Crippen molar-refractivity contribution < 1.29 is 9.59 Å². The molecule has 0 radical (unpaired) electrons. The molecule has 0 unspecified atom stereocenters. The molecule has 1 aromatic carbocycles. The highest BCUT2D eigenvalue weighted by Gasteiger charge is 2.25. The van der Waals surface area contributed by atoms with Gasteiger partial charge in [0.25, 0.3) is 5.91 Å². The number of likely N-dealkylation sites (tertiary alicyclic amines) is 1. The number of amides is 2. The molecule has 0 bridgehead atoms. The molecule has 1 N–H and O–H groups in total. The van der Waals surface area contributed by atoms with E-state index in [1.165, 1.54) is 21.6 Å². The number of rotatable bonds is 2. The Bertz CT molecular complexity index is 819. The standard InChI is InChI=1S/C20H22N2O2S/c1-13(23)22-10-8-16(9-11-22)21-20(24)18-12-15-7-6-14-4-2-3-5-17(14)19(15)25-18/h2-5,12,16H,6-11H2,1H3,(H,21,24). The lowest BCUT2D eigenvalue weighted by atomic mass is 9.91. The molecule has 2 amide bonds. The van der Waals surface area contributed by atoms with Crippen LogP contribution in [0, 0.1) is 0 Å². The number of nitrogens with one attached hydrogen (secondary N) is 1. The molecule has 4 nitrogen and oxygen atoms in total. The molecule has 5 heteroatoms. The molecule has 1 aliphatic carbocycles. The van der Waals surface area contributed by atoms with E-state index in [-0.39, 0.29) is 17.9 Å². The SMILES string of the molecule is CC(=O)N1CCC(NC(=O)c2cc3c(s2)-c2ccccc2CC3)CC1. The van der Waals surface area contributed by atoms with Gasteiger partial charge in [0, 0.05) is 30.9 Å². The molecular weight excluding hydrogens is 332 g/mol. The predicted molar refractivity (Wildman–Crippen MR) is 99.9 cm³/mol. The average Bonchev–Trinajstić information content (AvgIpc) is 3.07. The largest absolute Gasteiger partial charge is 0.348 e. The number of hydrogen-bond acceptors (Lipinski definition) is 3. The summed E-state index contributed by atoms with van der Waals surface area (Å²) in [5.41, 5.74) is 3.95. The van der Waals surface area contributed by atoms with Gasteiger partial charge in [0.1, 0.15) is 0 Å². The van der Waals surface area contributed by atoms with Crippen molar-refractivity contribution in [2.24, 2.45) is 0 Å². The lowest BCUT2D eigenvalue weighted by Crippen LogP contribution is -2.45. The Morgan fingerprint density at radius 1 is 1.12 bits per heavy atom. The van der Waals surface area contributed by atoms with Crippen LogP contribution in [0.3, 0.4) is 0 Å². The number of fused-ring (bicyclic) bond motifs is 3. The number of hydrogen-bond donors (Lipinski definition) is 1. The van der Waals surface area contributed by atoms with Crippen molar-refractivity contribution in [2.75, 3.05) is 13.1 Å². The highest BCUT2D eigenvalue weighted by molar-refractivity contribution is 7.17. The van der Waals surface area contributed by atoms with Crippen LogP contribution in [0.15, 0.2) is 30.3 Å². The second kappa shape index (κ2) is 6.64. The number of thiophene rings is 1. The zero-order valence-corrected chi connectivity index (χ0v) is 15.2. The molecule has 0 spiro atoms. The Morgan fingerprint density at radius 3 is 2.60 bits per heavy atom. The van der Waals surface area contributed by atoms with Crippen molar-refractivity contribution in [1.29, 1.82) is 0 Å². The quantitative estimate of drug-likeness (QED) is 0.900. The molecule has 1 aromatic heterocycles. The topological polar surface area (TPSA) is 49.4 Å². The Balaban J connectivity index is 1.46. The summed E-state index contributed by atoms with van der Waals surface area (Å²) in [5, 5.41) is 3.16. The molecule has 25 heavy (non-hydrogen) atoms. The van der Waals surface area contributed by atoms with E-state index >= 15 is 0 Å². The minimum atomic E-state index is 0.0261. The summed E-state index contributed by atoms with van der Waals surface area (Å²) in [7, 11) is 0. The third-order valence-corrected chi connectivity index (χ3v) is 6.44. The van der Waals surface area contributed by atoms with Gasteiger partial charge < -0.3 is 10.2 Å². The van der Waals surface area contributed by atoms with Crippen LogP contribution in [-0.4, -0.2) is 35.8 Å². The van der Waals surface area contributed by atoms with E-state index < -0.39 is 0 Å². The highest BCUT2D eigenvalue weighted by Crippen LogP contribution is 2.39. The van der Waals surface area contributed by atoms with E-state index in [1.54, 1.807) is 18.3 Å². The molecular formula is C20H22N2O2S. The van der Waals surface area contributed by atoms with Gasteiger partial charge in [-0.2, -0.15) is 0 Å². The maximum Gasteiger partial charge on any atom is 0.261 e. The Kier molecular flexibility index (Phi) is 4.34. The first-order chi connectivity index (χ1) is 12.1. The highest BCUT2D eigenvalue weighted by atomic mass is 32.1. The normalized spacial score (nSPS) is 16.9. The summed E-state index contributed by atoms with van der Waals surface area (Å²) in [5.74, 6) is 0.146. The van der Waals surface area contributed by atoms with Crippen LogP contribution in [0.2, 0.25) is 0 Å². The summed E-state index contributed by atoms with van der Waals surface area (Å²) in [4.78, 5) is 28.0. The summed E-state index contributed by atoms with van der Waals surface area (Å²) < 4.78 is 0. The minimum absolute atomic E-state index is 0.0261. The summed E-state index contributed by atoms with van der Waals surface area (Å²) in [6.07, 6.45) is 3.72. The van der Waals surface area contributed by atoms with E-state index in [9.17, 15) is 9.59 Å². The predicted octanol–water partition coefficient (Wildman–Crippen LogP) is 3.25. The lowest BCUT2D eigenvalue weighted by Gasteiger charge is -2.31. The van der Waals surface area contributed by atoms with E-state index in [0.29, 0.717) is 0 Å². The van der Waals surface area contributed by atoms with Crippen LogP contribution < -0.4 is 5.32 Å². The van der Waals surface area contributed by atoms with Crippen LogP contribution in [0.4, 0.5) is 0 Å². The second-order valence-corrected chi connectivity index (χ2v) is 7.93. The van der Waals surface area contributed by atoms with Crippen molar-refractivity contribution >= 4 is 23.2 Å². The summed E-state index contributed by atoms with van der Waals surface area (Å²) in [6, 6.07) is 10.7. The lowest BCUT2D eigenvalue weighted by molar-refractivity contribution is -0.129. The molecule has 2 aliphatic rings. The van der Waals surface area contributed by atoms with Crippen LogP contribution in [0.1, 0.15) is 40.6 Å². The number of benzene rings is 1. The summed E-state index contributed by atoms with van der Waals surface area (Å²) >= 11 is 1.60. The first-order valence-corrected chi connectivity index (χ1v) is 9.71. The molecule has 4 rings (SSSR count). The van der Waals surface area contributed by atoms with Gasteiger partial charge in [-0.3, -0.25) is 9.59 Å². The number of nitrogens with zero attached hydrogens (tertiary/aromatic N) is 1. The molecule has 2 heterocycles. The van der Waals surface area contributed by atoms with Crippen molar-refractivity contribution in [3.05, 3.63) is 46.3 Å². The van der Waals surface area contributed by atoms with Crippen LogP contribution >= 0.6 is 11.3 Å². The third kappa shape index (κ3) is 3.21. The van der Waals surface area contributed by atoms with Gasteiger partial charge in [0.2, 0.25) is 5.91 Å². The molecule has 0 atom stereocenters. The fourth-order valence-corrected chi connectivity index (χ4v) is 4.95. The molecule has 2 aromatic rings. The molecule has 1 fully saturated rings. The number of carbonyl (C=O) groups is 2. The van der Waals surface area contributed by atoms with E-state index in [2.05, 4.69) is 35.6 Å². The maximum atomic E-state index is 12.7. The van der Waals surface area contributed by atoms with E-state index in [4.69, 9.17) is 0 Å². The van der Waals surface area contributed by atoms with Gasteiger partial charge in [0.15, 0.2) is 0 Å². The van der Waals surface area contributed by atoms with E-state index in [1.807, 2.05) is 4.90 Å². The van der Waals surface area contributed by atoms with Crippen molar-refractivity contribution in [2.45, 2.75) is 38.6 Å². The second-order valence-electron chi connectivity index (χ2n) is 6.88. The first kappa shape index (κ1) is 16.3. The fraction of sp³-hybridized carbons (Fsp3) is 0.400. The van der Waals surface area contributed by atoms with Crippen molar-refractivity contribution in [3.8, 4) is 10.4 Å². The van der Waals surface area contributed by atoms with Gasteiger partial charge in [0.05, 0.1) is 4.88 Å². The van der Waals surface area contributed by atoms with Gasteiger partial charge in [-0.15, -0.1) is 11.3 Å². The van der Waals surface area contributed by atoms with Crippen LogP contribution in [-0.2, 0) is 17.6 Å². The number of aryl methyl sites for hydroxylation is 2. The Hall–Kier alpha value is -2.14. The van der Waals surface area contributed by atoms with Gasteiger partial charge >= 0.3 is 0 Å². The first-order valence-electron chi connectivity index (χ1n) is 8.89.